The van der Waals surface area contributed by atoms with E-state index in [0.717, 1.165) is 19.4 Å². The highest BCUT2D eigenvalue weighted by Crippen LogP contribution is 2.08. The van der Waals surface area contributed by atoms with Crippen molar-refractivity contribution < 1.29 is 12.9 Å². The second-order valence-corrected chi connectivity index (χ2v) is 6.10. The Labute approximate surface area is 101 Å². The molecule has 7 heteroatoms. The van der Waals surface area contributed by atoms with Crippen molar-refractivity contribution in [2.24, 2.45) is 0 Å². The van der Waals surface area contributed by atoms with E-state index in [2.05, 4.69) is 15.2 Å². The van der Waals surface area contributed by atoms with Crippen LogP contribution in [0.2, 0.25) is 0 Å². The first kappa shape index (κ1) is 12.5. The minimum atomic E-state index is -3.33. The number of rotatable bonds is 4. The van der Waals surface area contributed by atoms with Gasteiger partial charge in [-0.05, 0) is 26.3 Å². The minimum Gasteiger partial charge on any atom is -0.361 e. The number of hydrogen-bond acceptors (Lipinski definition) is 5. The summed E-state index contributed by atoms with van der Waals surface area (Å²) in [7, 11) is -3.33. The Morgan fingerprint density at radius 3 is 3.06 bits per heavy atom. The van der Waals surface area contributed by atoms with Crippen LogP contribution in [0.15, 0.2) is 10.6 Å². The number of aryl methyl sites for hydroxylation is 1. The molecule has 1 aliphatic heterocycles. The van der Waals surface area contributed by atoms with Crippen LogP contribution in [0, 0.1) is 6.92 Å². The lowest BCUT2D eigenvalue weighted by atomic mass is 10.1. The maximum Gasteiger partial charge on any atom is 0.217 e. The lowest BCUT2D eigenvalue weighted by Gasteiger charge is -2.23. The van der Waals surface area contributed by atoms with Gasteiger partial charge in [0.05, 0.1) is 0 Å². The summed E-state index contributed by atoms with van der Waals surface area (Å²) in [6, 6.07) is 1.62. The van der Waals surface area contributed by atoms with Gasteiger partial charge in [0.25, 0.3) is 0 Å². The first-order valence-electron chi connectivity index (χ1n) is 5.68. The van der Waals surface area contributed by atoms with Gasteiger partial charge < -0.3 is 9.84 Å². The largest absolute Gasteiger partial charge is 0.361 e. The standard InChI is InChI=1S/C10H17N3O3S/c1-8-5-10(12-16-8)7-17(14,15)13-9-3-2-4-11-6-9/h5,9,11,13H,2-4,6-7H2,1H3. The molecule has 0 aromatic carbocycles. The van der Waals surface area contributed by atoms with Crippen molar-refractivity contribution in [2.45, 2.75) is 31.6 Å². The molecule has 0 saturated carbocycles. The van der Waals surface area contributed by atoms with E-state index < -0.39 is 10.0 Å². The van der Waals surface area contributed by atoms with Crippen LogP contribution >= 0.6 is 0 Å². The fraction of sp³-hybridized carbons (Fsp3) is 0.700. The Morgan fingerprint density at radius 1 is 1.65 bits per heavy atom. The number of aromatic nitrogens is 1. The van der Waals surface area contributed by atoms with E-state index in [1.165, 1.54) is 0 Å². The zero-order valence-electron chi connectivity index (χ0n) is 9.77. The quantitative estimate of drug-likeness (QED) is 0.804. The van der Waals surface area contributed by atoms with Crippen LogP contribution in [0.4, 0.5) is 0 Å². The molecule has 0 amide bonds. The molecule has 0 aliphatic carbocycles. The minimum absolute atomic E-state index is 0.0123. The Hall–Kier alpha value is -0.920. The van der Waals surface area contributed by atoms with Crippen molar-refractivity contribution >= 4 is 10.0 Å². The van der Waals surface area contributed by atoms with Gasteiger partial charge in [-0.25, -0.2) is 13.1 Å². The van der Waals surface area contributed by atoms with Crippen molar-refractivity contribution in [3.63, 3.8) is 0 Å². The van der Waals surface area contributed by atoms with Gasteiger partial charge in [0, 0.05) is 18.7 Å². The third-order valence-corrected chi connectivity index (χ3v) is 4.03. The van der Waals surface area contributed by atoms with Gasteiger partial charge in [-0.1, -0.05) is 5.16 Å². The molecule has 96 valence electrons. The van der Waals surface area contributed by atoms with Crippen molar-refractivity contribution in [3.05, 3.63) is 17.5 Å². The molecule has 17 heavy (non-hydrogen) atoms. The van der Waals surface area contributed by atoms with E-state index in [1.54, 1.807) is 13.0 Å². The molecule has 0 spiro atoms. The van der Waals surface area contributed by atoms with Crippen LogP contribution in [0.1, 0.15) is 24.3 Å². The van der Waals surface area contributed by atoms with E-state index in [4.69, 9.17) is 4.52 Å². The predicted molar refractivity (Wildman–Crippen MR) is 62.9 cm³/mol. The number of nitrogens with one attached hydrogen (secondary N) is 2. The molecule has 1 saturated heterocycles. The Balaban J connectivity index is 1.94. The summed E-state index contributed by atoms with van der Waals surface area (Å²) < 4.78 is 31.2. The van der Waals surface area contributed by atoms with E-state index in [-0.39, 0.29) is 11.8 Å². The molecule has 1 fully saturated rings. The molecule has 0 radical (unpaired) electrons. The molecular weight excluding hydrogens is 242 g/mol. The summed E-state index contributed by atoms with van der Waals surface area (Å²) in [6.45, 7) is 3.39. The van der Waals surface area contributed by atoms with Gasteiger partial charge in [-0.3, -0.25) is 0 Å². The third-order valence-electron chi connectivity index (χ3n) is 2.66. The molecule has 2 N–H and O–H groups in total. The molecule has 1 aromatic heterocycles. The highest BCUT2D eigenvalue weighted by Gasteiger charge is 2.21. The van der Waals surface area contributed by atoms with Crippen molar-refractivity contribution in [1.82, 2.24) is 15.2 Å². The average Bonchev–Trinajstić information content (AvgIpc) is 2.63. The lowest BCUT2D eigenvalue weighted by Crippen LogP contribution is -2.45. The van der Waals surface area contributed by atoms with Gasteiger partial charge >= 0.3 is 0 Å². The van der Waals surface area contributed by atoms with Crippen LogP contribution in [-0.4, -0.2) is 32.7 Å². The summed E-state index contributed by atoms with van der Waals surface area (Å²) in [6.07, 6.45) is 1.88. The summed E-state index contributed by atoms with van der Waals surface area (Å²) in [5, 5.41) is 6.85. The van der Waals surface area contributed by atoms with Gasteiger partial charge in [-0.15, -0.1) is 0 Å². The average molecular weight is 259 g/mol. The normalized spacial score (nSPS) is 21.6. The maximum atomic E-state index is 11.9. The molecule has 6 nitrogen and oxygen atoms in total. The number of sulfonamides is 1. The Morgan fingerprint density at radius 2 is 2.47 bits per heavy atom. The molecule has 0 bridgehead atoms. The summed E-state index contributed by atoms with van der Waals surface area (Å²) in [5.41, 5.74) is 0.443. The van der Waals surface area contributed by atoms with Crippen LogP contribution in [0.5, 0.6) is 0 Å². The molecule has 1 aliphatic rings. The first-order chi connectivity index (χ1) is 8.05. The number of piperidine rings is 1. The smallest absolute Gasteiger partial charge is 0.217 e. The topological polar surface area (TPSA) is 84.2 Å². The fourth-order valence-corrected chi connectivity index (χ4v) is 3.25. The van der Waals surface area contributed by atoms with E-state index >= 15 is 0 Å². The van der Waals surface area contributed by atoms with Crippen LogP contribution in [0.25, 0.3) is 0 Å². The summed E-state index contributed by atoms with van der Waals surface area (Å²) >= 11 is 0. The molecule has 1 atom stereocenters. The zero-order valence-corrected chi connectivity index (χ0v) is 10.6. The van der Waals surface area contributed by atoms with Gasteiger partial charge in [0.15, 0.2) is 0 Å². The van der Waals surface area contributed by atoms with Gasteiger partial charge in [0.1, 0.15) is 17.2 Å². The molecule has 2 heterocycles. The molecular formula is C10H17N3O3S. The van der Waals surface area contributed by atoms with Crippen LogP contribution in [0.3, 0.4) is 0 Å². The second-order valence-electron chi connectivity index (χ2n) is 4.35. The SMILES string of the molecule is Cc1cc(CS(=O)(=O)NC2CCCNC2)no1. The fourth-order valence-electron chi connectivity index (χ4n) is 1.93. The second kappa shape index (κ2) is 5.16. The van der Waals surface area contributed by atoms with E-state index in [9.17, 15) is 8.42 Å². The third kappa shape index (κ3) is 3.79. The van der Waals surface area contributed by atoms with Gasteiger partial charge in [-0.2, -0.15) is 0 Å². The van der Waals surface area contributed by atoms with Crippen molar-refractivity contribution in [1.29, 1.82) is 0 Å². The Bertz CT molecular complexity index is 463. The monoisotopic (exact) mass is 259 g/mol. The lowest BCUT2D eigenvalue weighted by molar-refractivity contribution is 0.391. The van der Waals surface area contributed by atoms with Crippen LogP contribution < -0.4 is 10.0 Å². The highest BCUT2D eigenvalue weighted by atomic mass is 32.2. The van der Waals surface area contributed by atoms with Gasteiger partial charge in [0.2, 0.25) is 10.0 Å². The number of nitrogens with zero attached hydrogens (tertiary/aromatic N) is 1. The predicted octanol–water partition coefficient (Wildman–Crippen LogP) is 0.154. The van der Waals surface area contributed by atoms with Crippen molar-refractivity contribution in [2.75, 3.05) is 13.1 Å². The van der Waals surface area contributed by atoms with E-state index in [0.29, 0.717) is 18.0 Å². The maximum absolute atomic E-state index is 11.9. The zero-order chi connectivity index (χ0) is 12.3. The summed E-state index contributed by atoms with van der Waals surface area (Å²) in [5.74, 6) is 0.496. The van der Waals surface area contributed by atoms with Crippen LogP contribution in [-0.2, 0) is 15.8 Å². The molecule has 1 aromatic rings. The van der Waals surface area contributed by atoms with Crippen molar-refractivity contribution in [3.8, 4) is 0 Å². The molecule has 2 rings (SSSR count). The Kier molecular flexibility index (Phi) is 3.80. The summed E-state index contributed by atoms with van der Waals surface area (Å²) in [4.78, 5) is 0. The van der Waals surface area contributed by atoms with E-state index in [1.807, 2.05) is 0 Å². The molecule has 1 unspecified atom stereocenters. The highest BCUT2D eigenvalue weighted by molar-refractivity contribution is 7.88. The number of hydrogen-bond donors (Lipinski definition) is 2. The first-order valence-corrected chi connectivity index (χ1v) is 7.33.